The number of rotatable bonds is 5. The standard InChI is InChI=1S/C18H15FN2O3S3/c19-14-5-1-13(2-6-14)11-16-17(22)21(18(25)26-16)10-9-12-3-7-15(8-4-12)27(20,23)24/h1-8,11H,9-10H2,(H2,20,23,24)/b16-11-. The van der Waals surface area contributed by atoms with Crippen LogP contribution in [0.2, 0.25) is 0 Å². The molecule has 1 amide bonds. The lowest BCUT2D eigenvalue weighted by atomic mass is 10.1. The van der Waals surface area contributed by atoms with Gasteiger partial charge in [-0.15, -0.1) is 0 Å². The molecule has 0 radical (unpaired) electrons. The Morgan fingerprint density at radius 3 is 2.33 bits per heavy atom. The fraction of sp³-hybridized carbons (Fsp3) is 0.111. The molecule has 1 aliphatic heterocycles. The highest BCUT2D eigenvalue weighted by atomic mass is 32.2. The largest absolute Gasteiger partial charge is 0.293 e. The average Bonchev–Trinajstić information content (AvgIpc) is 2.88. The van der Waals surface area contributed by atoms with E-state index in [1.54, 1.807) is 30.3 Å². The Kier molecular flexibility index (Phi) is 5.75. The molecular formula is C18H15FN2O3S3. The zero-order valence-electron chi connectivity index (χ0n) is 14.0. The van der Waals surface area contributed by atoms with Crippen LogP contribution in [0, 0.1) is 5.82 Å². The second kappa shape index (κ2) is 7.89. The number of hydrogen-bond donors (Lipinski definition) is 1. The molecule has 2 aromatic rings. The summed E-state index contributed by atoms with van der Waals surface area (Å²) in [5, 5.41) is 5.08. The van der Waals surface area contributed by atoms with Crippen LogP contribution >= 0.6 is 24.0 Å². The number of thiocarbonyl (C=S) groups is 1. The van der Waals surface area contributed by atoms with Crippen molar-refractivity contribution in [2.24, 2.45) is 5.14 Å². The maximum atomic E-state index is 13.0. The average molecular weight is 423 g/mol. The van der Waals surface area contributed by atoms with Crippen molar-refractivity contribution >= 4 is 50.3 Å². The number of nitrogens with zero attached hydrogens (tertiary/aromatic N) is 1. The lowest BCUT2D eigenvalue weighted by molar-refractivity contribution is -0.122. The molecule has 5 nitrogen and oxygen atoms in total. The van der Waals surface area contributed by atoms with Crippen molar-refractivity contribution in [3.05, 3.63) is 70.4 Å². The Morgan fingerprint density at radius 2 is 1.74 bits per heavy atom. The molecule has 0 aromatic heterocycles. The Bertz CT molecular complexity index is 1020. The van der Waals surface area contributed by atoms with Gasteiger partial charge in [0.05, 0.1) is 9.80 Å². The number of thioether (sulfide) groups is 1. The lowest BCUT2D eigenvalue weighted by Gasteiger charge is -2.14. The fourth-order valence-electron chi connectivity index (χ4n) is 2.49. The maximum Gasteiger partial charge on any atom is 0.266 e. The first-order valence-electron chi connectivity index (χ1n) is 7.87. The van der Waals surface area contributed by atoms with Crippen LogP contribution in [-0.2, 0) is 21.2 Å². The summed E-state index contributed by atoms with van der Waals surface area (Å²) in [6.07, 6.45) is 2.20. The van der Waals surface area contributed by atoms with Crippen LogP contribution in [0.4, 0.5) is 4.39 Å². The third-order valence-electron chi connectivity index (χ3n) is 3.92. The van der Waals surface area contributed by atoms with E-state index in [2.05, 4.69) is 0 Å². The predicted octanol–water partition coefficient (Wildman–Crippen LogP) is 2.92. The van der Waals surface area contributed by atoms with Gasteiger partial charge in [0.1, 0.15) is 10.1 Å². The molecule has 0 spiro atoms. The number of halogens is 1. The molecule has 140 valence electrons. The van der Waals surface area contributed by atoms with Gasteiger partial charge in [0.25, 0.3) is 5.91 Å². The lowest BCUT2D eigenvalue weighted by Crippen LogP contribution is -2.30. The van der Waals surface area contributed by atoms with E-state index in [-0.39, 0.29) is 16.6 Å². The van der Waals surface area contributed by atoms with Gasteiger partial charge in [0, 0.05) is 6.54 Å². The van der Waals surface area contributed by atoms with Crippen molar-refractivity contribution in [1.29, 1.82) is 0 Å². The summed E-state index contributed by atoms with van der Waals surface area (Å²) in [4.78, 5) is 14.6. The van der Waals surface area contributed by atoms with Gasteiger partial charge in [0.2, 0.25) is 10.0 Å². The summed E-state index contributed by atoms with van der Waals surface area (Å²) >= 11 is 6.49. The molecule has 0 bridgehead atoms. The van der Waals surface area contributed by atoms with Gasteiger partial charge in [0.15, 0.2) is 0 Å². The molecule has 0 saturated carbocycles. The maximum absolute atomic E-state index is 13.0. The SMILES string of the molecule is NS(=O)(=O)c1ccc(CCN2C(=O)/C(=C/c3ccc(F)cc3)SC2=S)cc1. The third-order valence-corrected chi connectivity index (χ3v) is 6.22. The van der Waals surface area contributed by atoms with Crippen molar-refractivity contribution in [1.82, 2.24) is 4.90 Å². The van der Waals surface area contributed by atoms with E-state index in [4.69, 9.17) is 17.4 Å². The number of carbonyl (C=O) groups excluding carboxylic acids is 1. The molecule has 2 N–H and O–H groups in total. The minimum Gasteiger partial charge on any atom is -0.293 e. The first-order valence-corrected chi connectivity index (χ1v) is 10.6. The van der Waals surface area contributed by atoms with Crippen molar-refractivity contribution < 1.29 is 17.6 Å². The van der Waals surface area contributed by atoms with Crippen LogP contribution in [-0.4, -0.2) is 30.1 Å². The summed E-state index contributed by atoms with van der Waals surface area (Å²) in [7, 11) is -3.73. The summed E-state index contributed by atoms with van der Waals surface area (Å²) in [5.41, 5.74) is 1.58. The van der Waals surface area contributed by atoms with E-state index in [0.29, 0.717) is 22.2 Å². The van der Waals surface area contributed by atoms with Gasteiger partial charge < -0.3 is 0 Å². The van der Waals surface area contributed by atoms with Crippen LogP contribution < -0.4 is 5.14 Å². The van der Waals surface area contributed by atoms with Crippen molar-refractivity contribution in [3.8, 4) is 0 Å². The van der Waals surface area contributed by atoms with E-state index in [1.165, 1.54) is 40.9 Å². The minimum atomic E-state index is -3.73. The number of carbonyl (C=O) groups is 1. The highest BCUT2D eigenvalue weighted by Gasteiger charge is 2.31. The number of primary sulfonamides is 1. The highest BCUT2D eigenvalue weighted by Crippen LogP contribution is 2.32. The summed E-state index contributed by atoms with van der Waals surface area (Å²) in [5.74, 6) is -0.538. The minimum absolute atomic E-state index is 0.0408. The molecule has 1 saturated heterocycles. The predicted molar refractivity (Wildman–Crippen MR) is 108 cm³/mol. The van der Waals surface area contributed by atoms with Crippen molar-refractivity contribution in [2.75, 3.05) is 6.54 Å². The molecule has 0 atom stereocenters. The Balaban J connectivity index is 1.68. The molecule has 1 heterocycles. The molecule has 1 aliphatic rings. The molecule has 0 unspecified atom stereocenters. The van der Waals surface area contributed by atoms with Crippen LogP contribution in [0.15, 0.2) is 58.3 Å². The second-order valence-corrected chi connectivity index (χ2v) is 9.06. The Hall–Kier alpha value is -2.07. The van der Waals surface area contributed by atoms with Gasteiger partial charge in [-0.3, -0.25) is 9.69 Å². The molecule has 1 fully saturated rings. The van der Waals surface area contributed by atoms with Gasteiger partial charge in [-0.1, -0.05) is 48.2 Å². The quantitative estimate of drug-likeness (QED) is 0.592. The zero-order chi connectivity index (χ0) is 19.6. The monoisotopic (exact) mass is 422 g/mol. The molecule has 2 aromatic carbocycles. The zero-order valence-corrected chi connectivity index (χ0v) is 16.4. The summed E-state index contributed by atoms with van der Waals surface area (Å²) in [6.45, 7) is 0.375. The topological polar surface area (TPSA) is 80.5 Å². The Labute approximate surface area is 166 Å². The molecule has 9 heteroatoms. The van der Waals surface area contributed by atoms with Crippen molar-refractivity contribution in [3.63, 3.8) is 0 Å². The van der Waals surface area contributed by atoms with Gasteiger partial charge in [-0.25, -0.2) is 17.9 Å². The molecular weight excluding hydrogens is 407 g/mol. The first-order chi connectivity index (χ1) is 12.7. The molecule has 27 heavy (non-hydrogen) atoms. The van der Waals surface area contributed by atoms with E-state index in [0.717, 1.165) is 11.1 Å². The fourth-order valence-corrected chi connectivity index (χ4v) is 4.31. The normalized spacial score (nSPS) is 16.4. The van der Waals surface area contributed by atoms with Gasteiger partial charge >= 0.3 is 0 Å². The number of sulfonamides is 1. The van der Waals surface area contributed by atoms with Crippen LogP contribution in [0.3, 0.4) is 0 Å². The number of benzene rings is 2. The third kappa shape index (κ3) is 4.81. The van der Waals surface area contributed by atoms with Crippen molar-refractivity contribution in [2.45, 2.75) is 11.3 Å². The molecule has 0 aliphatic carbocycles. The van der Waals surface area contributed by atoms with E-state index < -0.39 is 10.0 Å². The summed E-state index contributed by atoms with van der Waals surface area (Å²) < 4.78 is 36.0. The first kappa shape index (κ1) is 19.7. The van der Waals surface area contributed by atoms with Gasteiger partial charge in [-0.2, -0.15) is 0 Å². The van der Waals surface area contributed by atoms with E-state index in [9.17, 15) is 17.6 Å². The van der Waals surface area contributed by atoms with E-state index in [1.807, 2.05) is 0 Å². The number of amides is 1. The molecule has 3 rings (SSSR count). The van der Waals surface area contributed by atoms with Gasteiger partial charge in [-0.05, 0) is 47.9 Å². The van der Waals surface area contributed by atoms with Crippen LogP contribution in [0.1, 0.15) is 11.1 Å². The summed E-state index contributed by atoms with van der Waals surface area (Å²) in [6, 6.07) is 12.0. The second-order valence-electron chi connectivity index (χ2n) is 5.82. The Morgan fingerprint density at radius 1 is 1.11 bits per heavy atom. The van der Waals surface area contributed by atoms with Crippen LogP contribution in [0.5, 0.6) is 0 Å². The highest BCUT2D eigenvalue weighted by molar-refractivity contribution is 8.26. The van der Waals surface area contributed by atoms with E-state index >= 15 is 0 Å². The smallest absolute Gasteiger partial charge is 0.266 e. The van der Waals surface area contributed by atoms with Crippen LogP contribution in [0.25, 0.3) is 6.08 Å². The number of hydrogen-bond acceptors (Lipinski definition) is 5. The number of nitrogens with two attached hydrogens (primary N) is 1.